The van der Waals surface area contributed by atoms with E-state index in [1.165, 1.54) is 0 Å². The van der Waals surface area contributed by atoms with Gasteiger partial charge in [-0.05, 0) is 33.6 Å². The van der Waals surface area contributed by atoms with Gasteiger partial charge in [0, 0.05) is 18.5 Å². The molecule has 1 heterocycles. The number of hydrogen-bond acceptors (Lipinski definition) is 4. The van der Waals surface area contributed by atoms with E-state index in [-0.39, 0.29) is 11.5 Å². The van der Waals surface area contributed by atoms with E-state index in [1.807, 2.05) is 20.8 Å². The van der Waals surface area contributed by atoms with Crippen LogP contribution >= 0.6 is 0 Å². The molecule has 0 atom stereocenters. The van der Waals surface area contributed by atoms with Crippen molar-refractivity contribution in [3.8, 4) is 0 Å². The number of rotatable bonds is 0. The average Bonchev–Trinajstić information content (AvgIpc) is 1.95. The predicted octanol–water partition coefficient (Wildman–Crippen LogP) is 1.85. The zero-order valence-electron chi connectivity index (χ0n) is 9.99. The van der Waals surface area contributed by atoms with E-state index >= 15 is 0 Å². The van der Waals surface area contributed by atoms with Gasteiger partial charge in [0.05, 0.1) is 5.71 Å². The van der Waals surface area contributed by atoms with Gasteiger partial charge in [0.15, 0.2) is 0 Å². The van der Waals surface area contributed by atoms with Crippen molar-refractivity contribution in [1.29, 1.82) is 0 Å². The molecule has 0 aromatic heterocycles. The number of ether oxygens (including phenoxy) is 1. The summed E-state index contributed by atoms with van der Waals surface area (Å²) in [6.45, 7) is 7.03. The van der Waals surface area contributed by atoms with Gasteiger partial charge in [0.25, 0.3) is 0 Å². The second kappa shape index (κ2) is 3.37. The van der Waals surface area contributed by atoms with Gasteiger partial charge in [-0.15, -0.1) is 0 Å². The molecule has 1 aliphatic carbocycles. The first-order valence-corrected chi connectivity index (χ1v) is 5.51. The highest BCUT2D eigenvalue weighted by molar-refractivity contribution is 5.92. The summed E-state index contributed by atoms with van der Waals surface area (Å²) in [6, 6.07) is 0. The molecule has 1 amide bonds. The Bertz CT molecular complexity index is 328. The van der Waals surface area contributed by atoms with Crippen LogP contribution in [0.15, 0.2) is 5.16 Å². The molecule has 5 heteroatoms. The summed E-state index contributed by atoms with van der Waals surface area (Å²) >= 11 is 0. The minimum atomic E-state index is -0.433. The number of hydrogen-bond donors (Lipinski definition) is 1. The fourth-order valence-corrected chi connectivity index (χ4v) is 2.33. The number of carbonyl (C=O) groups excluding carboxylic acids is 1. The minimum Gasteiger partial charge on any atom is -0.444 e. The van der Waals surface area contributed by atoms with Crippen molar-refractivity contribution in [2.24, 2.45) is 10.6 Å². The quantitative estimate of drug-likeness (QED) is 0.506. The fraction of sp³-hybridized carbons (Fsp3) is 0.818. The molecule has 2 fully saturated rings. The van der Waals surface area contributed by atoms with Gasteiger partial charge in [-0.2, -0.15) is 0 Å². The molecule has 0 aromatic carbocycles. The molecule has 1 saturated carbocycles. The molecule has 1 spiro atoms. The summed E-state index contributed by atoms with van der Waals surface area (Å²) in [7, 11) is 0. The summed E-state index contributed by atoms with van der Waals surface area (Å²) in [5.41, 5.74) is 0.583. The van der Waals surface area contributed by atoms with Crippen LogP contribution in [0.3, 0.4) is 0 Å². The summed E-state index contributed by atoms with van der Waals surface area (Å²) in [4.78, 5) is 13.4. The van der Waals surface area contributed by atoms with E-state index in [0.29, 0.717) is 0 Å². The molecule has 0 unspecified atom stereocenters. The summed E-state index contributed by atoms with van der Waals surface area (Å²) < 4.78 is 5.26. The third-order valence-corrected chi connectivity index (χ3v) is 3.00. The highest BCUT2D eigenvalue weighted by Gasteiger charge is 2.53. The van der Waals surface area contributed by atoms with E-state index in [9.17, 15) is 4.79 Å². The van der Waals surface area contributed by atoms with Crippen molar-refractivity contribution >= 4 is 11.8 Å². The van der Waals surface area contributed by atoms with Crippen molar-refractivity contribution in [3.63, 3.8) is 0 Å². The van der Waals surface area contributed by atoms with Crippen LogP contribution in [0.25, 0.3) is 0 Å². The van der Waals surface area contributed by atoms with Crippen molar-refractivity contribution < 1.29 is 14.7 Å². The molecule has 16 heavy (non-hydrogen) atoms. The highest BCUT2D eigenvalue weighted by Crippen LogP contribution is 2.46. The van der Waals surface area contributed by atoms with E-state index in [4.69, 9.17) is 9.94 Å². The Morgan fingerprint density at radius 2 is 2.00 bits per heavy atom. The van der Waals surface area contributed by atoms with Crippen LogP contribution in [-0.4, -0.2) is 40.6 Å². The maximum atomic E-state index is 11.6. The Balaban J connectivity index is 1.79. The molecule has 1 saturated heterocycles. The lowest BCUT2D eigenvalue weighted by molar-refractivity contribution is -0.0393. The number of carbonyl (C=O) groups is 1. The second-order valence-electron chi connectivity index (χ2n) is 5.86. The van der Waals surface area contributed by atoms with E-state index in [0.717, 1.165) is 31.6 Å². The maximum Gasteiger partial charge on any atom is 0.410 e. The molecule has 1 N–H and O–H groups in total. The van der Waals surface area contributed by atoms with Gasteiger partial charge in [-0.1, -0.05) is 5.16 Å². The fourth-order valence-electron chi connectivity index (χ4n) is 2.33. The van der Waals surface area contributed by atoms with E-state index in [2.05, 4.69) is 5.16 Å². The summed E-state index contributed by atoms with van der Waals surface area (Å²) in [5.74, 6) is 0. The largest absolute Gasteiger partial charge is 0.444 e. The van der Waals surface area contributed by atoms with Gasteiger partial charge in [-0.25, -0.2) is 4.79 Å². The molecule has 0 aromatic rings. The van der Waals surface area contributed by atoms with E-state index < -0.39 is 5.60 Å². The van der Waals surface area contributed by atoms with Crippen molar-refractivity contribution in [2.45, 2.75) is 39.2 Å². The summed E-state index contributed by atoms with van der Waals surface area (Å²) in [5, 5.41) is 11.7. The molecule has 2 aliphatic rings. The van der Waals surface area contributed by atoms with Crippen LogP contribution in [0.2, 0.25) is 0 Å². The lowest BCUT2D eigenvalue weighted by Gasteiger charge is -2.55. The van der Waals surface area contributed by atoms with Crippen LogP contribution in [-0.2, 0) is 4.74 Å². The molecular weight excluding hydrogens is 208 g/mol. The van der Waals surface area contributed by atoms with Crippen LogP contribution in [0.5, 0.6) is 0 Å². The predicted molar refractivity (Wildman–Crippen MR) is 58.7 cm³/mol. The third kappa shape index (κ3) is 1.99. The van der Waals surface area contributed by atoms with Gasteiger partial charge < -0.3 is 14.8 Å². The number of amides is 1. The first kappa shape index (κ1) is 11.2. The smallest absolute Gasteiger partial charge is 0.410 e. The SMILES string of the molecule is CC(C)(C)OC(=O)N1CC2(CC(=NO)C2)C1. The van der Waals surface area contributed by atoms with Crippen LogP contribution in [0.1, 0.15) is 33.6 Å². The monoisotopic (exact) mass is 226 g/mol. The van der Waals surface area contributed by atoms with Crippen LogP contribution in [0.4, 0.5) is 4.79 Å². The average molecular weight is 226 g/mol. The first-order chi connectivity index (χ1) is 7.34. The van der Waals surface area contributed by atoms with Crippen molar-refractivity contribution in [1.82, 2.24) is 4.90 Å². The molecule has 0 radical (unpaired) electrons. The van der Waals surface area contributed by atoms with Gasteiger partial charge in [0.1, 0.15) is 5.60 Å². The Morgan fingerprint density at radius 1 is 1.44 bits per heavy atom. The van der Waals surface area contributed by atoms with Crippen molar-refractivity contribution in [3.05, 3.63) is 0 Å². The lowest BCUT2D eigenvalue weighted by atomic mass is 9.62. The zero-order valence-corrected chi connectivity index (χ0v) is 9.99. The Hall–Kier alpha value is -1.26. The topological polar surface area (TPSA) is 62.1 Å². The molecule has 0 bridgehead atoms. The normalized spacial score (nSPS) is 22.4. The second-order valence-corrected chi connectivity index (χ2v) is 5.86. The summed E-state index contributed by atoms with van der Waals surface area (Å²) in [6.07, 6.45) is 1.37. The Labute approximate surface area is 95.1 Å². The number of likely N-dealkylation sites (tertiary alicyclic amines) is 1. The molecule has 90 valence electrons. The zero-order chi connectivity index (χ0) is 12.0. The molecule has 2 rings (SSSR count). The highest BCUT2D eigenvalue weighted by atomic mass is 16.6. The van der Waals surface area contributed by atoms with Gasteiger partial charge in [-0.3, -0.25) is 0 Å². The third-order valence-electron chi connectivity index (χ3n) is 3.00. The lowest BCUT2D eigenvalue weighted by Crippen LogP contribution is -2.64. The first-order valence-electron chi connectivity index (χ1n) is 5.51. The van der Waals surface area contributed by atoms with Gasteiger partial charge in [0.2, 0.25) is 0 Å². The van der Waals surface area contributed by atoms with Crippen LogP contribution in [0, 0.1) is 5.41 Å². The number of nitrogens with zero attached hydrogens (tertiary/aromatic N) is 2. The Kier molecular flexibility index (Phi) is 2.36. The Morgan fingerprint density at radius 3 is 2.44 bits per heavy atom. The van der Waals surface area contributed by atoms with Crippen LogP contribution < -0.4 is 0 Å². The minimum absolute atomic E-state index is 0.179. The standard InChI is InChI=1S/C11H18N2O3/c1-10(2,3)16-9(14)13-6-11(7-13)4-8(5-11)12-15/h15H,4-7H2,1-3H3. The molecular formula is C11H18N2O3. The molecule has 5 nitrogen and oxygen atoms in total. The van der Waals surface area contributed by atoms with Gasteiger partial charge >= 0.3 is 6.09 Å². The van der Waals surface area contributed by atoms with E-state index in [1.54, 1.807) is 4.90 Å². The maximum absolute atomic E-state index is 11.6. The van der Waals surface area contributed by atoms with Crippen molar-refractivity contribution in [2.75, 3.05) is 13.1 Å². The molecule has 1 aliphatic heterocycles. The number of oxime groups is 1.